The summed E-state index contributed by atoms with van der Waals surface area (Å²) in [5, 5.41) is 11.3. The van der Waals surface area contributed by atoms with Crippen molar-refractivity contribution in [1.82, 2.24) is 14.5 Å². The van der Waals surface area contributed by atoms with Crippen molar-refractivity contribution in [2.75, 3.05) is 12.0 Å². The zero-order valence-corrected chi connectivity index (χ0v) is 16.7. The number of aromatic nitrogens is 2. The molecule has 7 nitrogen and oxygen atoms in total. The molecule has 0 fully saturated rings. The number of nitrogen functional groups attached to an aromatic ring is 1. The summed E-state index contributed by atoms with van der Waals surface area (Å²) in [6, 6.07) is -0.771. The van der Waals surface area contributed by atoms with E-state index >= 15 is 0 Å². The highest BCUT2D eigenvalue weighted by Gasteiger charge is 2.46. The van der Waals surface area contributed by atoms with E-state index in [0.717, 1.165) is 0 Å². The second-order valence-corrected chi connectivity index (χ2v) is 8.42. The molecule has 0 saturated carbocycles. The molecule has 2 aromatic rings. The summed E-state index contributed by atoms with van der Waals surface area (Å²) in [7, 11) is -4.44. The third kappa shape index (κ3) is 4.91. The van der Waals surface area contributed by atoms with Crippen molar-refractivity contribution in [3.63, 3.8) is 0 Å². The number of nitrogens with one attached hydrogen (secondary N) is 1. The highest BCUT2D eigenvalue weighted by Crippen LogP contribution is 2.42. The van der Waals surface area contributed by atoms with Crippen LogP contribution < -0.4 is 10.5 Å². The third-order valence-electron chi connectivity index (χ3n) is 3.57. The summed E-state index contributed by atoms with van der Waals surface area (Å²) >= 11 is 11.6. The van der Waals surface area contributed by atoms with Gasteiger partial charge < -0.3 is 5.73 Å². The van der Waals surface area contributed by atoms with E-state index in [1.165, 1.54) is 10.8 Å². The highest BCUT2D eigenvalue weighted by molar-refractivity contribution is 7.88. The molecule has 0 saturated heterocycles. The number of anilines is 1. The molecule has 2 rings (SSSR count). The number of hydrogen-bond donors (Lipinski definition) is 2. The van der Waals surface area contributed by atoms with E-state index in [2.05, 4.69) is 5.10 Å². The molecule has 0 aliphatic carbocycles. The Labute approximate surface area is 175 Å². The van der Waals surface area contributed by atoms with Crippen LogP contribution in [0.2, 0.25) is 10.0 Å². The Bertz CT molecular complexity index is 1110. The number of nitriles is 1. The topological polar surface area (TPSA) is 114 Å². The van der Waals surface area contributed by atoms with E-state index in [1.54, 1.807) is 0 Å². The summed E-state index contributed by atoms with van der Waals surface area (Å²) in [6.45, 7) is 0. The Kier molecular flexibility index (Phi) is 6.26. The van der Waals surface area contributed by atoms with Gasteiger partial charge in [-0.15, -0.1) is 0 Å². The Morgan fingerprint density at radius 2 is 1.70 bits per heavy atom. The van der Waals surface area contributed by atoms with Gasteiger partial charge in [-0.3, -0.25) is 0 Å². The zero-order chi connectivity index (χ0) is 23.2. The van der Waals surface area contributed by atoms with E-state index in [0.29, 0.717) is 23.1 Å². The van der Waals surface area contributed by atoms with Gasteiger partial charge >= 0.3 is 12.4 Å². The van der Waals surface area contributed by atoms with Gasteiger partial charge in [0.15, 0.2) is 5.69 Å². The quantitative estimate of drug-likeness (QED) is 0.626. The molecule has 164 valence electrons. The van der Waals surface area contributed by atoms with Gasteiger partial charge in [-0.1, -0.05) is 23.2 Å². The molecule has 0 spiro atoms. The first-order valence-electron chi connectivity index (χ1n) is 7.36. The molecular formula is C14H9Cl2F6N5O2S. The number of nitrogens with zero attached hydrogens (tertiary/aromatic N) is 3. The lowest BCUT2D eigenvalue weighted by molar-refractivity contribution is -0.153. The van der Waals surface area contributed by atoms with Crippen LogP contribution in [0, 0.1) is 11.3 Å². The molecule has 0 amide bonds. The third-order valence-corrected chi connectivity index (χ3v) is 4.81. The van der Waals surface area contributed by atoms with Crippen LogP contribution in [0.3, 0.4) is 0 Å². The summed E-state index contributed by atoms with van der Waals surface area (Å²) in [4.78, 5) is 0. The van der Waals surface area contributed by atoms with Gasteiger partial charge in [0.2, 0.25) is 10.0 Å². The lowest BCUT2D eigenvalue weighted by Gasteiger charge is -2.20. The molecule has 0 aliphatic rings. The first-order chi connectivity index (χ1) is 13.5. The molecule has 1 heterocycles. The van der Waals surface area contributed by atoms with Crippen molar-refractivity contribution in [3.05, 3.63) is 39.0 Å². The minimum atomic E-state index is -5.25. The van der Waals surface area contributed by atoms with E-state index in [9.17, 15) is 34.8 Å². The Balaban J connectivity index is 2.79. The van der Waals surface area contributed by atoms with Gasteiger partial charge in [-0.25, -0.2) is 13.1 Å². The van der Waals surface area contributed by atoms with Crippen LogP contribution in [0.25, 0.3) is 5.69 Å². The van der Waals surface area contributed by atoms with Gasteiger partial charge in [0, 0.05) is 0 Å². The number of sulfonamides is 1. The van der Waals surface area contributed by atoms with Crippen LogP contribution in [0.15, 0.2) is 12.1 Å². The van der Waals surface area contributed by atoms with Crippen LogP contribution in [0.4, 0.5) is 32.2 Å². The molecule has 16 heteroatoms. The first kappa shape index (κ1) is 24.1. The lowest BCUT2D eigenvalue weighted by atomic mass is 10.1. The molecule has 30 heavy (non-hydrogen) atoms. The Hall–Kier alpha value is -2.21. The summed E-state index contributed by atoms with van der Waals surface area (Å²) in [5.74, 6) is -0.909. The van der Waals surface area contributed by atoms with Gasteiger partial charge in [0.25, 0.3) is 0 Å². The van der Waals surface area contributed by atoms with E-state index in [-0.39, 0.29) is 0 Å². The number of alkyl halides is 6. The second-order valence-electron chi connectivity index (χ2n) is 5.82. The second kappa shape index (κ2) is 7.80. The molecule has 1 aromatic carbocycles. The van der Waals surface area contributed by atoms with E-state index in [4.69, 9.17) is 34.2 Å². The fourth-order valence-corrected chi connectivity index (χ4v) is 3.74. The number of halogens is 8. The molecule has 1 atom stereocenters. The van der Waals surface area contributed by atoms with E-state index in [1.807, 2.05) is 0 Å². The van der Waals surface area contributed by atoms with Gasteiger partial charge in [-0.2, -0.15) is 41.4 Å². The van der Waals surface area contributed by atoms with Crippen molar-refractivity contribution in [2.45, 2.75) is 18.4 Å². The molecule has 3 N–H and O–H groups in total. The highest BCUT2D eigenvalue weighted by atomic mass is 35.5. The Morgan fingerprint density at radius 1 is 1.20 bits per heavy atom. The van der Waals surface area contributed by atoms with Crippen LogP contribution in [-0.2, 0) is 16.2 Å². The normalized spacial score (nSPS) is 13.9. The molecule has 0 aliphatic heterocycles. The van der Waals surface area contributed by atoms with Crippen LogP contribution >= 0.6 is 23.2 Å². The monoisotopic (exact) mass is 495 g/mol. The van der Waals surface area contributed by atoms with Crippen LogP contribution in [-0.4, -0.2) is 30.6 Å². The summed E-state index contributed by atoms with van der Waals surface area (Å²) in [5.41, 5.74) is 1.87. The summed E-state index contributed by atoms with van der Waals surface area (Å²) < 4.78 is 104. The minimum absolute atomic E-state index is 0.432. The van der Waals surface area contributed by atoms with Crippen LogP contribution in [0.1, 0.15) is 22.9 Å². The molecule has 1 aromatic heterocycles. The SMILES string of the molecule is CS(=O)(=O)NC(c1c(C#N)nn(-c2c(Cl)cc(C(F)(F)F)cc2Cl)c1N)C(F)(F)F. The van der Waals surface area contributed by atoms with Crippen molar-refractivity contribution in [2.24, 2.45) is 0 Å². The zero-order valence-electron chi connectivity index (χ0n) is 14.4. The lowest BCUT2D eigenvalue weighted by Crippen LogP contribution is -2.38. The fourth-order valence-electron chi connectivity index (χ4n) is 2.42. The number of rotatable bonds is 4. The van der Waals surface area contributed by atoms with E-state index < -0.39 is 66.8 Å². The predicted molar refractivity (Wildman–Crippen MR) is 94.5 cm³/mol. The molecule has 0 radical (unpaired) electrons. The fraction of sp³-hybridized carbons (Fsp3) is 0.286. The van der Waals surface area contributed by atoms with Crippen molar-refractivity contribution >= 4 is 39.0 Å². The molecule has 1 unspecified atom stereocenters. The average molecular weight is 496 g/mol. The van der Waals surface area contributed by atoms with Crippen molar-refractivity contribution < 1.29 is 34.8 Å². The maximum Gasteiger partial charge on any atom is 0.416 e. The maximum absolute atomic E-state index is 13.5. The maximum atomic E-state index is 13.5. The number of benzene rings is 1. The van der Waals surface area contributed by atoms with Crippen LogP contribution in [0.5, 0.6) is 0 Å². The number of nitrogens with two attached hydrogens (primary N) is 1. The summed E-state index contributed by atoms with van der Waals surface area (Å²) in [6.07, 6.45) is -9.63. The minimum Gasteiger partial charge on any atom is -0.383 e. The smallest absolute Gasteiger partial charge is 0.383 e. The standard InChI is InChI=1S/C14H9Cl2F6N5O2S/c1-30(28,29)26-11(14(20,21)22)9-8(4-23)25-27(12(9)24)10-6(15)2-5(3-7(10)16)13(17,18)19/h2-3,11,26H,24H2,1H3. The average Bonchev–Trinajstić information content (AvgIpc) is 2.85. The largest absolute Gasteiger partial charge is 0.416 e. The molecule has 0 bridgehead atoms. The van der Waals surface area contributed by atoms with Gasteiger partial charge in [0.05, 0.1) is 27.4 Å². The predicted octanol–water partition coefficient (Wildman–Crippen LogP) is 3.80. The molecular weight excluding hydrogens is 487 g/mol. The van der Waals surface area contributed by atoms with Gasteiger partial charge in [-0.05, 0) is 12.1 Å². The number of hydrogen-bond acceptors (Lipinski definition) is 5. The Morgan fingerprint density at radius 3 is 2.07 bits per heavy atom. The van der Waals surface area contributed by atoms with Crippen molar-refractivity contribution in [1.29, 1.82) is 5.26 Å². The van der Waals surface area contributed by atoms with Crippen molar-refractivity contribution in [3.8, 4) is 11.8 Å². The first-order valence-corrected chi connectivity index (χ1v) is 10.0. The van der Waals surface area contributed by atoms with Gasteiger partial charge in [0.1, 0.15) is 23.6 Å².